The molecule has 1 unspecified atom stereocenters. The van der Waals surface area contributed by atoms with Crippen molar-refractivity contribution in [3.05, 3.63) is 28.8 Å². The third kappa shape index (κ3) is 24.1. The second kappa shape index (κ2) is 33.0. The molecule has 0 aromatic heterocycles. The highest BCUT2D eigenvalue weighted by atomic mass is 16.5. The molecule has 0 radical (unpaired) electrons. The van der Waals surface area contributed by atoms with Crippen LogP contribution in [-0.2, 0) is 24.2 Å². The van der Waals surface area contributed by atoms with E-state index >= 15 is 0 Å². The molecule has 0 saturated carbocycles. The van der Waals surface area contributed by atoms with Crippen molar-refractivity contribution in [2.45, 2.75) is 176 Å². The first-order valence-corrected chi connectivity index (χ1v) is 20.8. The summed E-state index contributed by atoms with van der Waals surface area (Å²) in [6.07, 6.45) is 26.4. The lowest BCUT2D eigenvalue weighted by Gasteiger charge is -2.22. The third-order valence-electron chi connectivity index (χ3n) is 10.1. The van der Waals surface area contributed by atoms with Gasteiger partial charge >= 0.3 is 0 Å². The molecule has 6 heteroatoms. The lowest BCUT2D eigenvalue weighted by atomic mass is 9.88. The number of aromatic hydroxyl groups is 1. The molecule has 6 nitrogen and oxygen atoms in total. The van der Waals surface area contributed by atoms with E-state index in [-0.39, 0.29) is 0 Å². The van der Waals surface area contributed by atoms with Crippen molar-refractivity contribution in [3.63, 3.8) is 0 Å². The highest BCUT2D eigenvalue weighted by Crippen LogP contribution is 2.27. The van der Waals surface area contributed by atoms with Crippen LogP contribution in [0.2, 0.25) is 0 Å². The lowest BCUT2D eigenvalue weighted by molar-refractivity contribution is 0.0830. The highest BCUT2D eigenvalue weighted by Gasteiger charge is 2.15. The van der Waals surface area contributed by atoms with E-state index < -0.39 is 0 Å². The van der Waals surface area contributed by atoms with E-state index in [2.05, 4.69) is 55.8 Å². The summed E-state index contributed by atoms with van der Waals surface area (Å²) in [7, 11) is 0. The Bertz CT molecular complexity index is 832. The lowest BCUT2D eigenvalue weighted by Crippen LogP contribution is -2.23. The molecule has 0 spiro atoms. The maximum Gasteiger partial charge on any atom is 0.124 e. The molecule has 6 N–H and O–H groups in total. The van der Waals surface area contributed by atoms with Crippen LogP contribution >= 0.6 is 0 Å². The minimum Gasteiger partial charge on any atom is -0.507 e. The van der Waals surface area contributed by atoms with Crippen LogP contribution in [0.3, 0.4) is 0 Å². The first-order chi connectivity index (χ1) is 23.6. The van der Waals surface area contributed by atoms with Gasteiger partial charge in [0.1, 0.15) is 5.75 Å². The zero-order valence-corrected chi connectivity index (χ0v) is 32.5. The molecule has 48 heavy (non-hydrogen) atoms. The SMILES string of the molecule is CCCCCCCCCc1cc(CNCCCCCCN)c(O)c(CNCCCNCCCOCC(CCCCC)CC(CC)CC)c1. The average molecular weight is 675 g/mol. The molecule has 282 valence electrons. The van der Waals surface area contributed by atoms with Crippen LogP contribution in [0.5, 0.6) is 5.75 Å². The maximum atomic E-state index is 11.2. The quantitative estimate of drug-likeness (QED) is 0.0455. The largest absolute Gasteiger partial charge is 0.507 e. The molecule has 0 aliphatic carbocycles. The number of phenolic OH excluding ortho intramolecular Hbond substituents is 1. The van der Waals surface area contributed by atoms with Gasteiger partial charge in [0.15, 0.2) is 0 Å². The molecule has 1 aromatic rings. The fourth-order valence-electron chi connectivity index (χ4n) is 6.78. The number of aryl methyl sites for hydroxylation is 1. The number of hydrogen-bond donors (Lipinski definition) is 5. The van der Waals surface area contributed by atoms with Crippen LogP contribution in [0, 0.1) is 11.8 Å². The van der Waals surface area contributed by atoms with E-state index in [1.807, 2.05) is 0 Å². The van der Waals surface area contributed by atoms with Gasteiger partial charge in [0, 0.05) is 37.4 Å². The molecule has 0 aliphatic heterocycles. The third-order valence-corrected chi connectivity index (χ3v) is 10.1. The Morgan fingerprint density at radius 1 is 0.625 bits per heavy atom. The number of benzene rings is 1. The Balaban J connectivity index is 2.39. The first-order valence-electron chi connectivity index (χ1n) is 20.8. The number of phenols is 1. The molecule has 0 heterocycles. The highest BCUT2D eigenvalue weighted by molar-refractivity contribution is 5.44. The minimum atomic E-state index is 0.465. The minimum absolute atomic E-state index is 0.465. The monoisotopic (exact) mass is 675 g/mol. The van der Waals surface area contributed by atoms with E-state index in [1.165, 1.54) is 108 Å². The Hall–Kier alpha value is -1.18. The summed E-state index contributed by atoms with van der Waals surface area (Å²) in [5.41, 5.74) is 9.08. The molecule has 0 saturated heterocycles. The van der Waals surface area contributed by atoms with E-state index in [0.717, 1.165) is 108 Å². The average Bonchev–Trinajstić information content (AvgIpc) is 3.09. The molecular weight excluding hydrogens is 592 g/mol. The second-order valence-electron chi connectivity index (χ2n) is 14.5. The number of ether oxygens (including phenoxy) is 1. The summed E-state index contributed by atoms with van der Waals surface area (Å²) < 4.78 is 6.16. The van der Waals surface area contributed by atoms with Crippen LogP contribution in [0.25, 0.3) is 0 Å². The van der Waals surface area contributed by atoms with Crippen molar-refractivity contribution < 1.29 is 9.84 Å². The summed E-state index contributed by atoms with van der Waals surface area (Å²) in [6.45, 7) is 17.2. The van der Waals surface area contributed by atoms with Crippen LogP contribution in [0.4, 0.5) is 0 Å². The number of nitrogens with two attached hydrogens (primary N) is 1. The number of hydrogen-bond acceptors (Lipinski definition) is 6. The zero-order valence-electron chi connectivity index (χ0n) is 32.5. The van der Waals surface area contributed by atoms with E-state index in [9.17, 15) is 5.11 Å². The maximum absolute atomic E-state index is 11.2. The summed E-state index contributed by atoms with van der Waals surface area (Å²) in [6, 6.07) is 4.48. The van der Waals surface area contributed by atoms with Crippen molar-refractivity contribution in [3.8, 4) is 5.75 Å². The zero-order chi connectivity index (χ0) is 34.9. The van der Waals surface area contributed by atoms with Crippen LogP contribution < -0.4 is 21.7 Å². The number of rotatable bonds is 36. The molecule has 1 rings (SSSR count). The Morgan fingerprint density at radius 2 is 1.19 bits per heavy atom. The van der Waals surface area contributed by atoms with E-state index in [0.29, 0.717) is 12.3 Å². The van der Waals surface area contributed by atoms with Gasteiger partial charge in [0.05, 0.1) is 0 Å². The molecule has 0 bridgehead atoms. The Labute approximate surface area is 298 Å². The van der Waals surface area contributed by atoms with E-state index in [1.54, 1.807) is 0 Å². The van der Waals surface area contributed by atoms with Crippen molar-refractivity contribution in [2.24, 2.45) is 17.6 Å². The van der Waals surface area contributed by atoms with Crippen molar-refractivity contribution >= 4 is 0 Å². The summed E-state index contributed by atoms with van der Waals surface area (Å²) >= 11 is 0. The van der Waals surface area contributed by atoms with Crippen LogP contribution in [-0.4, -0.2) is 51.0 Å². The van der Waals surface area contributed by atoms with Crippen molar-refractivity contribution in [2.75, 3.05) is 45.9 Å². The van der Waals surface area contributed by atoms with Gasteiger partial charge in [-0.3, -0.25) is 0 Å². The fourth-order valence-corrected chi connectivity index (χ4v) is 6.78. The molecule has 1 aromatic carbocycles. The Kier molecular flexibility index (Phi) is 30.8. The van der Waals surface area contributed by atoms with Gasteiger partial charge in [-0.2, -0.15) is 0 Å². The molecular formula is C42H82N4O2. The van der Waals surface area contributed by atoms with Gasteiger partial charge in [-0.1, -0.05) is 123 Å². The van der Waals surface area contributed by atoms with Gasteiger partial charge in [-0.05, 0) is 101 Å². The standard InChI is InChI=1S/C42H82N4O2/c1-5-9-11-12-13-14-18-23-38-32-40(34-45-26-20-16-15-19-25-43)42(47)41(33-38)35-46-28-21-27-44-29-22-30-48-36-39(24-17-10-6-2)31-37(7-3)8-4/h32-33,37,39,44-47H,5-31,34-36,43H2,1-4H3. The van der Waals surface area contributed by atoms with Gasteiger partial charge in [-0.15, -0.1) is 0 Å². The molecule has 0 fully saturated rings. The number of unbranched alkanes of at least 4 members (excludes halogenated alkanes) is 11. The first kappa shape index (κ1) is 44.8. The predicted molar refractivity (Wildman–Crippen MR) is 210 cm³/mol. The van der Waals surface area contributed by atoms with E-state index in [4.69, 9.17) is 10.5 Å². The van der Waals surface area contributed by atoms with Crippen LogP contribution in [0.1, 0.15) is 173 Å². The predicted octanol–water partition coefficient (Wildman–Crippen LogP) is 9.79. The molecule has 0 aliphatic rings. The summed E-state index contributed by atoms with van der Waals surface area (Å²) in [5, 5.41) is 21.9. The van der Waals surface area contributed by atoms with Crippen LogP contribution in [0.15, 0.2) is 12.1 Å². The molecule has 0 amide bonds. The van der Waals surface area contributed by atoms with Gasteiger partial charge < -0.3 is 31.5 Å². The topological polar surface area (TPSA) is 91.6 Å². The van der Waals surface area contributed by atoms with Gasteiger partial charge in [-0.25, -0.2) is 0 Å². The van der Waals surface area contributed by atoms with Gasteiger partial charge in [0.2, 0.25) is 0 Å². The summed E-state index contributed by atoms with van der Waals surface area (Å²) in [5.74, 6) is 2.04. The smallest absolute Gasteiger partial charge is 0.124 e. The van der Waals surface area contributed by atoms with Crippen molar-refractivity contribution in [1.82, 2.24) is 16.0 Å². The fraction of sp³-hybridized carbons (Fsp3) is 0.857. The van der Waals surface area contributed by atoms with Gasteiger partial charge in [0.25, 0.3) is 0 Å². The Morgan fingerprint density at radius 3 is 1.85 bits per heavy atom. The number of nitrogens with one attached hydrogen (secondary N) is 3. The molecule has 1 atom stereocenters. The van der Waals surface area contributed by atoms with Crippen molar-refractivity contribution in [1.29, 1.82) is 0 Å². The summed E-state index contributed by atoms with van der Waals surface area (Å²) in [4.78, 5) is 0. The second-order valence-corrected chi connectivity index (χ2v) is 14.5. The normalized spacial score (nSPS) is 12.4.